The van der Waals surface area contributed by atoms with Crippen LogP contribution in [0.2, 0.25) is 0 Å². The molecule has 2 aliphatic carbocycles. The third-order valence-electron chi connectivity index (χ3n) is 7.14. The third-order valence-corrected chi connectivity index (χ3v) is 7.14. The summed E-state index contributed by atoms with van der Waals surface area (Å²) in [7, 11) is 3.24. The van der Waals surface area contributed by atoms with Crippen molar-refractivity contribution in [1.82, 2.24) is 20.4 Å². The van der Waals surface area contributed by atoms with E-state index in [0.717, 1.165) is 49.8 Å². The number of nitrogens with zero attached hydrogens (tertiary/aromatic N) is 2. The maximum atomic E-state index is 13.2. The van der Waals surface area contributed by atoms with Crippen LogP contribution in [0.3, 0.4) is 0 Å². The Labute approximate surface area is 207 Å². The molecule has 0 saturated heterocycles. The zero-order chi connectivity index (χ0) is 24.9. The molecule has 2 aromatic rings. The van der Waals surface area contributed by atoms with Crippen LogP contribution < -0.4 is 20.1 Å². The number of methoxy groups -OCH3 is 2. The van der Waals surface area contributed by atoms with Crippen molar-refractivity contribution in [1.29, 1.82) is 0 Å². The summed E-state index contributed by atoms with van der Waals surface area (Å²) in [6.45, 7) is 6.05. The van der Waals surface area contributed by atoms with E-state index in [1.165, 1.54) is 0 Å². The molecular formula is C27H36N4O4. The molecule has 1 aromatic carbocycles. The van der Waals surface area contributed by atoms with Gasteiger partial charge in [0.2, 0.25) is 5.91 Å². The summed E-state index contributed by atoms with van der Waals surface area (Å²) in [5.74, 6) is 1.48. The van der Waals surface area contributed by atoms with Crippen molar-refractivity contribution >= 4 is 11.8 Å². The molecule has 2 fully saturated rings. The molecular weight excluding hydrogens is 444 g/mol. The molecule has 1 aromatic heterocycles. The maximum absolute atomic E-state index is 13.2. The largest absolute Gasteiger partial charge is 0.496 e. The number of amides is 2. The summed E-state index contributed by atoms with van der Waals surface area (Å²) in [5.41, 5.74) is 1.84. The van der Waals surface area contributed by atoms with Crippen LogP contribution in [0.15, 0.2) is 36.9 Å². The lowest BCUT2D eigenvalue weighted by molar-refractivity contribution is -0.122. The molecule has 3 atom stereocenters. The molecule has 0 bridgehead atoms. The predicted octanol–water partition coefficient (Wildman–Crippen LogP) is 4.27. The number of hydrogen-bond donors (Lipinski definition) is 2. The van der Waals surface area contributed by atoms with E-state index in [0.29, 0.717) is 23.1 Å². The van der Waals surface area contributed by atoms with Crippen molar-refractivity contribution < 1.29 is 19.1 Å². The predicted molar refractivity (Wildman–Crippen MR) is 135 cm³/mol. The SMILES string of the molecule is C=C[C@@H](CC(=O)NC1CCC1)NC(=O)c1cc(-c2c(OC)cccc2OC)n(C2CCC(C)C2)n1. The van der Waals surface area contributed by atoms with E-state index in [1.54, 1.807) is 26.4 Å². The van der Waals surface area contributed by atoms with Crippen LogP contribution in [0, 0.1) is 5.92 Å². The normalized spacial score (nSPS) is 20.5. The molecule has 0 aliphatic heterocycles. The van der Waals surface area contributed by atoms with Gasteiger partial charge < -0.3 is 20.1 Å². The van der Waals surface area contributed by atoms with Gasteiger partial charge in [0.1, 0.15) is 11.5 Å². The van der Waals surface area contributed by atoms with E-state index >= 15 is 0 Å². The van der Waals surface area contributed by atoms with Crippen molar-refractivity contribution in [3.05, 3.63) is 42.6 Å². The molecule has 1 heterocycles. The van der Waals surface area contributed by atoms with Gasteiger partial charge in [-0.25, -0.2) is 0 Å². The number of benzene rings is 1. The smallest absolute Gasteiger partial charge is 0.272 e. The highest BCUT2D eigenvalue weighted by atomic mass is 16.5. The van der Waals surface area contributed by atoms with Crippen molar-refractivity contribution in [2.24, 2.45) is 5.92 Å². The van der Waals surface area contributed by atoms with Gasteiger partial charge in [-0.05, 0) is 62.6 Å². The van der Waals surface area contributed by atoms with Gasteiger partial charge in [0.25, 0.3) is 5.91 Å². The average Bonchev–Trinajstić information content (AvgIpc) is 3.46. The van der Waals surface area contributed by atoms with E-state index in [9.17, 15) is 9.59 Å². The van der Waals surface area contributed by atoms with Gasteiger partial charge in [-0.2, -0.15) is 5.10 Å². The molecule has 2 amide bonds. The fraction of sp³-hybridized carbons (Fsp3) is 0.519. The van der Waals surface area contributed by atoms with Gasteiger partial charge >= 0.3 is 0 Å². The summed E-state index contributed by atoms with van der Waals surface area (Å²) in [6, 6.07) is 7.36. The first-order chi connectivity index (χ1) is 16.9. The molecule has 4 rings (SSSR count). The van der Waals surface area contributed by atoms with Gasteiger partial charge in [-0.3, -0.25) is 14.3 Å². The van der Waals surface area contributed by atoms with Crippen LogP contribution in [0.4, 0.5) is 0 Å². The Morgan fingerprint density at radius 3 is 2.46 bits per heavy atom. The number of nitrogens with one attached hydrogen (secondary N) is 2. The van der Waals surface area contributed by atoms with Crippen molar-refractivity contribution in [2.75, 3.05) is 14.2 Å². The van der Waals surface area contributed by atoms with E-state index in [4.69, 9.17) is 14.6 Å². The molecule has 0 radical (unpaired) electrons. The molecule has 2 aliphatic rings. The van der Waals surface area contributed by atoms with Gasteiger partial charge in [-0.15, -0.1) is 6.58 Å². The number of ether oxygens (including phenoxy) is 2. The molecule has 8 nitrogen and oxygen atoms in total. The number of hydrogen-bond acceptors (Lipinski definition) is 5. The van der Waals surface area contributed by atoms with Gasteiger partial charge in [0, 0.05) is 6.04 Å². The molecule has 2 saturated carbocycles. The molecule has 8 heteroatoms. The highest BCUT2D eigenvalue weighted by Gasteiger charge is 2.30. The lowest BCUT2D eigenvalue weighted by Crippen LogP contribution is -2.43. The zero-order valence-corrected chi connectivity index (χ0v) is 20.9. The Hall–Kier alpha value is -3.29. The fourth-order valence-corrected chi connectivity index (χ4v) is 4.95. The summed E-state index contributed by atoms with van der Waals surface area (Å²) in [4.78, 5) is 25.6. The van der Waals surface area contributed by atoms with Crippen LogP contribution in [-0.2, 0) is 4.79 Å². The minimum absolute atomic E-state index is 0.0789. The fourth-order valence-electron chi connectivity index (χ4n) is 4.95. The Morgan fingerprint density at radius 2 is 1.91 bits per heavy atom. The summed E-state index contributed by atoms with van der Waals surface area (Å²) in [6.07, 6.45) is 8.02. The first-order valence-electron chi connectivity index (χ1n) is 12.5. The summed E-state index contributed by atoms with van der Waals surface area (Å²) < 4.78 is 13.2. The first-order valence-corrected chi connectivity index (χ1v) is 12.5. The van der Waals surface area contributed by atoms with Crippen molar-refractivity contribution in [3.63, 3.8) is 0 Å². The van der Waals surface area contributed by atoms with E-state index in [-0.39, 0.29) is 30.3 Å². The standard InChI is InChI=1S/C27H36N4O4/c1-5-18(15-25(32)28-19-8-6-9-19)29-27(33)21-16-22(31(30-21)20-13-12-17(2)14-20)26-23(34-3)10-7-11-24(26)35-4/h5,7,10-11,16-20H,1,6,8-9,12-15H2,2-4H3,(H,28,32)(H,29,33)/t17?,18-,20?/m0/s1. The zero-order valence-electron chi connectivity index (χ0n) is 20.9. The lowest BCUT2D eigenvalue weighted by Gasteiger charge is -2.27. The molecule has 188 valence electrons. The molecule has 0 spiro atoms. The monoisotopic (exact) mass is 480 g/mol. The van der Waals surface area contributed by atoms with Crippen LogP contribution in [0.5, 0.6) is 11.5 Å². The van der Waals surface area contributed by atoms with E-state index in [2.05, 4.69) is 24.1 Å². The summed E-state index contributed by atoms with van der Waals surface area (Å²) >= 11 is 0. The molecule has 2 unspecified atom stereocenters. The van der Waals surface area contributed by atoms with Crippen LogP contribution in [0.1, 0.15) is 68.4 Å². The summed E-state index contributed by atoms with van der Waals surface area (Å²) in [5, 5.41) is 10.7. The average molecular weight is 481 g/mol. The first kappa shape index (κ1) is 24.8. The number of aromatic nitrogens is 2. The van der Waals surface area contributed by atoms with E-state index < -0.39 is 6.04 Å². The molecule has 35 heavy (non-hydrogen) atoms. The van der Waals surface area contributed by atoms with Crippen LogP contribution in [0.25, 0.3) is 11.3 Å². The van der Waals surface area contributed by atoms with Gasteiger partial charge in [-0.1, -0.05) is 19.1 Å². The molecule has 2 N–H and O–H groups in total. The second-order valence-corrected chi connectivity index (χ2v) is 9.68. The quantitative estimate of drug-likeness (QED) is 0.495. The minimum atomic E-state index is -0.483. The Balaban J connectivity index is 1.61. The Morgan fingerprint density at radius 1 is 1.20 bits per heavy atom. The van der Waals surface area contributed by atoms with Crippen LogP contribution >= 0.6 is 0 Å². The highest BCUT2D eigenvalue weighted by Crippen LogP contribution is 2.42. The third kappa shape index (κ3) is 5.52. The van der Waals surface area contributed by atoms with Crippen molar-refractivity contribution in [2.45, 2.75) is 70.0 Å². The topological polar surface area (TPSA) is 94.5 Å². The maximum Gasteiger partial charge on any atom is 0.272 e. The number of carbonyl (C=O) groups is 2. The second-order valence-electron chi connectivity index (χ2n) is 9.68. The minimum Gasteiger partial charge on any atom is -0.496 e. The number of carbonyl (C=O) groups excluding carboxylic acids is 2. The number of rotatable bonds is 10. The second kappa shape index (κ2) is 11.0. The Bertz CT molecular complexity index is 1050. The van der Waals surface area contributed by atoms with Gasteiger partial charge in [0.15, 0.2) is 5.69 Å². The van der Waals surface area contributed by atoms with Gasteiger partial charge in [0.05, 0.1) is 44.0 Å². The van der Waals surface area contributed by atoms with E-state index in [1.807, 2.05) is 22.9 Å². The highest BCUT2D eigenvalue weighted by molar-refractivity contribution is 5.94. The van der Waals surface area contributed by atoms with Crippen LogP contribution in [-0.4, -0.2) is 47.9 Å². The Kier molecular flexibility index (Phi) is 7.78. The lowest BCUT2D eigenvalue weighted by atomic mass is 9.93. The van der Waals surface area contributed by atoms with Crippen molar-refractivity contribution in [3.8, 4) is 22.8 Å².